The molecule has 0 unspecified atom stereocenters. The predicted molar refractivity (Wildman–Crippen MR) is 89.1 cm³/mol. The molecule has 3 nitrogen and oxygen atoms in total. The lowest BCUT2D eigenvalue weighted by Gasteiger charge is -2.15. The van der Waals surface area contributed by atoms with Gasteiger partial charge in [-0.05, 0) is 24.6 Å². The summed E-state index contributed by atoms with van der Waals surface area (Å²) in [4.78, 5) is 4.71. The summed E-state index contributed by atoms with van der Waals surface area (Å²) in [6, 6.07) is 8.43. The molecule has 1 N–H and O–H groups in total. The first-order chi connectivity index (χ1) is 9.90. The summed E-state index contributed by atoms with van der Waals surface area (Å²) in [5, 5.41) is 6.85. The van der Waals surface area contributed by atoms with Crippen LogP contribution < -0.4 is 10.1 Å². The molecular formula is C17H24N2OS. The van der Waals surface area contributed by atoms with E-state index in [4.69, 9.17) is 9.72 Å². The lowest BCUT2D eigenvalue weighted by atomic mass is 9.98. The van der Waals surface area contributed by atoms with Crippen LogP contribution in [-0.2, 0) is 12.0 Å². The predicted octanol–water partition coefficient (Wildman–Crippen LogP) is 4.30. The van der Waals surface area contributed by atoms with Crippen molar-refractivity contribution in [3.8, 4) is 5.75 Å². The molecule has 0 amide bonds. The summed E-state index contributed by atoms with van der Waals surface area (Å²) in [5.41, 5.74) is 2.46. The summed E-state index contributed by atoms with van der Waals surface area (Å²) in [7, 11) is 1.69. The Morgan fingerprint density at radius 1 is 1.33 bits per heavy atom. The molecule has 21 heavy (non-hydrogen) atoms. The highest BCUT2D eigenvalue weighted by atomic mass is 32.1. The maximum Gasteiger partial charge on any atom is 0.119 e. The molecule has 1 atom stereocenters. The first-order valence-corrected chi connectivity index (χ1v) is 8.10. The topological polar surface area (TPSA) is 34.1 Å². The monoisotopic (exact) mass is 304 g/mol. The van der Waals surface area contributed by atoms with E-state index in [1.165, 1.54) is 10.6 Å². The Hall–Kier alpha value is -1.39. The molecule has 0 radical (unpaired) electrons. The Kier molecular flexibility index (Phi) is 5.01. The highest BCUT2D eigenvalue weighted by Gasteiger charge is 2.18. The fraction of sp³-hybridized carbons (Fsp3) is 0.471. The van der Waals surface area contributed by atoms with Crippen LogP contribution in [0, 0.1) is 0 Å². The average molecular weight is 304 g/mol. The molecule has 0 aliphatic heterocycles. The van der Waals surface area contributed by atoms with E-state index in [2.05, 4.69) is 50.5 Å². The van der Waals surface area contributed by atoms with E-state index in [-0.39, 0.29) is 11.5 Å². The van der Waals surface area contributed by atoms with Gasteiger partial charge >= 0.3 is 0 Å². The van der Waals surface area contributed by atoms with Crippen LogP contribution in [0.15, 0.2) is 29.6 Å². The second kappa shape index (κ2) is 6.58. The van der Waals surface area contributed by atoms with E-state index in [0.717, 1.165) is 18.0 Å². The van der Waals surface area contributed by atoms with Gasteiger partial charge in [-0.2, -0.15) is 0 Å². The minimum atomic E-state index is 0.126. The number of nitrogens with zero attached hydrogens (tertiary/aromatic N) is 1. The summed E-state index contributed by atoms with van der Waals surface area (Å²) in [6.07, 6.45) is 0. The van der Waals surface area contributed by atoms with E-state index in [9.17, 15) is 0 Å². The summed E-state index contributed by atoms with van der Waals surface area (Å²) < 4.78 is 5.27. The van der Waals surface area contributed by atoms with Gasteiger partial charge in [0.05, 0.1) is 17.8 Å². The molecule has 2 rings (SSSR count). The Morgan fingerprint density at radius 3 is 2.71 bits per heavy atom. The highest BCUT2D eigenvalue weighted by Crippen LogP contribution is 2.26. The number of hydrogen-bond acceptors (Lipinski definition) is 4. The summed E-state index contributed by atoms with van der Waals surface area (Å²) >= 11 is 1.74. The van der Waals surface area contributed by atoms with Gasteiger partial charge in [-0.25, -0.2) is 4.98 Å². The number of ether oxygens (including phenoxy) is 1. The van der Waals surface area contributed by atoms with Gasteiger partial charge in [-0.1, -0.05) is 32.9 Å². The van der Waals surface area contributed by atoms with Crippen LogP contribution in [0.2, 0.25) is 0 Å². The third kappa shape index (κ3) is 4.29. The van der Waals surface area contributed by atoms with Crippen molar-refractivity contribution in [3.63, 3.8) is 0 Å². The highest BCUT2D eigenvalue weighted by molar-refractivity contribution is 7.09. The van der Waals surface area contributed by atoms with Gasteiger partial charge in [0.2, 0.25) is 0 Å². The van der Waals surface area contributed by atoms with Gasteiger partial charge in [0, 0.05) is 23.4 Å². The molecular weight excluding hydrogens is 280 g/mol. The molecule has 114 valence electrons. The maximum absolute atomic E-state index is 5.27. The normalized spacial score (nSPS) is 13.2. The molecule has 0 saturated heterocycles. The number of benzene rings is 1. The lowest BCUT2D eigenvalue weighted by molar-refractivity contribution is 0.413. The van der Waals surface area contributed by atoms with E-state index in [1.807, 2.05) is 12.1 Å². The van der Waals surface area contributed by atoms with Gasteiger partial charge in [-0.15, -0.1) is 11.3 Å². The van der Waals surface area contributed by atoms with Crippen LogP contribution in [0.4, 0.5) is 0 Å². The number of aromatic nitrogens is 1. The van der Waals surface area contributed by atoms with E-state index < -0.39 is 0 Å². The van der Waals surface area contributed by atoms with E-state index >= 15 is 0 Å². The number of nitrogens with one attached hydrogen (secondary N) is 1. The summed E-state index contributed by atoms with van der Waals surface area (Å²) in [6.45, 7) is 9.53. The first kappa shape index (κ1) is 16.0. The van der Waals surface area contributed by atoms with Gasteiger partial charge in [0.15, 0.2) is 0 Å². The molecule has 0 bridgehead atoms. The molecule has 1 heterocycles. The standard InChI is InChI=1S/C17H24N2OS/c1-12(13-7-6-8-15(9-13)20-5)18-10-14-11-21-16(19-14)17(2,3)4/h6-9,11-12,18H,10H2,1-5H3/t12-/m0/s1. The number of rotatable bonds is 5. The minimum absolute atomic E-state index is 0.126. The van der Waals surface area contributed by atoms with Crippen LogP contribution in [0.3, 0.4) is 0 Å². The Labute approximate surface area is 131 Å². The van der Waals surface area contributed by atoms with Crippen LogP contribution in [0.25, 0.3) is 0 Å². The van der Waals surface area contributed by atoms with Crippen LogP contribution >= 0.6 is 11.3 Å². The second-order valence-electron chi connectivity index (χ2n) is 6.27. The molecule has 0 fully saturated rings. The van der Waals surface area contributed by atoms with Crippen molar-refractivity contribution < 1.29 is 4.74 Å². The second-order valence-corrected chi connectivity index (χ2v) is 7.13. The third-order valence-corrected chi connectivity index (χ3v) is 4.69. The van der Waals surface area contributed by atoms with Crippen molar-refractivity contribution in [1.82, 2.24) is 10.3 Å². The van der Waals surface area contributed by atoms with E-state index in [1.54, 1.807) is 18.4 Å². The number of hydrogen-bond donors (Lipinski definition) is 1. The molecule has 1 aromatic heterocycles. The Morgan fingerprint density at radius 2 is 2.10 bits per heavy atom. The van der Waals surface area contributed by atoms with Gasteiger partial charge < -0.3 is 10.1 Å². The zero-order valence-corrected chi connectivity index (χ0v) is 14.3. The zero-order valence-electron chi connectivity index (χ0n) is 13.4. The van der Waals surface area contributed by atoms with Crippen molar-refractivity contribution >= 4 is 11.3 Å². The van der Waals surface area contributed by atoms with Gasteiger partial charge in [-0.3, -0.25) is 0 Å². The summed E-state index contributed by atoms with van der Waals surface area (Å²) in [5.74, 6) is 0.893. The number of thiazole rings is 1. The molecule has 0 aliphatic carbocycles. The largest absolute Gasteiger partial charge is 0.497 e. The molecule has 0 spiro atoms. The average Bonchev–Trinajstić information content (AvgIpc) is 2.94. The minimum Gasteiger partial charge on any atom is -0.497 e. The quantitative estimate of drug-likeness (QED) is 0.894. The third-order valence-electron chi connectivity index (χ3n) is 3.38. The van der Waals surface area contributed by atoms with Gasteiger partial charge in [0.1, 0.15) is 5.75 Å². The Bertz CT molecular complexity index is 586. The first-order valence-electron chi connectivity index (χ1n) is 7.22. The van der Waals surface area contributed by atoms with Gasteiger partial charge in [0.25, 0.3) is 0 Å². The van der Waals surface area contributed by atoms with Crippen LogP contribution in [-0.4, -0.2) is 12.1 Å². The molecule has 1 aromatic carbocycles. The molecule has 4 heteroatoms. The number of methoxy groups -OCH3 is 1. The molecule has 0 saturated carbocycles. The fourth-order valence-corrected chi connectivity index (χ4v) is 2.93. The van der Waals surface area contributed by atoms with Crippen LogP contribution in [0.1, 0.15) is 50.0 Å². The van der Waals surface area contributed by atoms with Crippen molar-refractivity contribution in [2.75, 3.05) is 7.11 Å². The van der Waals surface area contributed by atoms with Crippen molar-refractivity contribution in [3.05, 3.63) is 45.9 Å². The van der Waals surface area contributed by atoms with Crippen molar-refractivity contribution in [2.45, 2.75) is 45.7 Å². The lowest BCUT2D eigenvalue weighted by Crippen LogP contribution is -2.18. The maximum atomic E-state index is 5.27. The Balaban J connectivity index is 1.97. The molecule has 2 aromatic rings. The van der Waals surface area contributed by atoms with Crippen molar-refractivity contribution in [1.29, 1.82) is 0 Å². The molecule has 0 aliphatic rings. The SMILES string of the molecule is COc1cccc([C@H](C)NCc2csc(C(C)(C)C)n2)c1. The smallest absolute Gasteiger partial charge is 0.119 e. The zero-order chi connectivity index (χ0) is 15.5. The van der Waals surface area contributed by atoms with Crippen LogP contribution in [0.5, 0.6) is 5.75 Å². The van der Waals surface area contributed by atoms with E-state index in [0.29, 0.717) is 0 Å². The van der Waals surface area contributed by atoms with Crippen molar-refractivity contribution in [2.24, 2.45) is 0 Å². The fourth-order valence-electron chi connectivity index (χ4n) is 2.02.